The van der Waals surface area contributed by atoms with Crippen molar-refractivity contribution in [2.24, 2.45) is 0 Å². The number of nitrogens with zero attached hydrogens (tertiary/aromatic N) is 1. The van der Waals surface area contributed by atoms with Gasteiger partial charge in [-0.05, 0) is 55.6 Å². The number of nitrogens with one attached hydrogen (secondary N) is 1. The number of methoxy groups -OCH3 is 1. The van der Waals surface area contributed by atoms with Crippen LogP contribution in [0.25, 0.3) is 0 Å². The van der Waals surface area contributed by atoms with Crippen LogP contribution in [-0.4, -0.2) is 54.9 Å². The summed E-state index contributed by atoms with van der Waals surface area (Å²) in [6.45, 7) is 2.32. The molecule has 1 aliphatic rings. The lowest BCUT2D eigenvalue weighted by molar-refractivity contribution is -0.122. The number of carbonyl (C=O) groups excluding carboxylic acids is 1. The predicted molar refractivity (Wildman–Crippen MR) is 122 cm³/mol. The second-order valence-electron chi connectivity index (χ2n) is 7.84. The summed E-state index contributed by atoms with van der Waals surface area (Å²) in [4.78, 5) is 14.4. The van der Waals surface area contributed by atoms with E-state index in [2.05, 4.69) is 10.2 Å². The fourth-order valence-electron chi connectivity index (χ4n) is 3.52. The lowest BCUT2D eigenvalue weighted by Crippen LogP contribution is -2.40. The van der Waals surface area contributed by atoms with Gasteiger partial charge < -0.3 is 19.9 Å². The number of aliphatic hydroxyl groups is 1. The maximum Gasteiger partial charge on any atom is 0.234 e. The Labute approximate surface area is 193 Å². The van der Waals surface area contributed by atoms with E-state index in [9.17, 15) is 9.90 Å². The van der Waals surface area contributed by atoms with E-state index in [1.807, 2.05) is 24.3 Å². The number of halogens is 2. The highest BCUT2D eigenvalue weighted by molar-refractivity contribution is 6.42. The summed E-state index contributed by atoms with van der Waals surface area (Å²) in [7, 11) is 1.62. The summed E-state index contributed by atoms with van der Waals surface area (Å²) in [5, 5.41) is 14.8. The average molecular weight is 467 g/mol. The Morgan fingerprint density at radius 2 is 1.84 bits per heavy atom. The Hall–Kier alpha value is -1.99. The second-order valence-corrected chi connectivity index (χ2v) is 8.66. The van der Waals surface area contributed by atoms with Crippen molar-refractivity contribution in [3.63, 3.8) is 0 Å². The fourth-order valence-corrected chi connectivity index (χ4v) is 3.81. The van der Waals surface area contributed by atoms with Gasteiger partial charge in [0.1, 0.15) is 18.1 Å². The number of carbonyl (C=O) groups is 1. The van der Waals surface area contributed by atoms with E-state index in [4.69, 9.17) is 32.7 Å². The van der Waals surface area contributed by atoms with Crippen LogP contribution in [0.3, 0.4) is 0 Å². The minimum absolute atomic E-state index is 0.0340. The number of hydrogen-bond acceptors (Lipinski definition) is 5. The zero-order valence-corrected chi connectivity index (χ0v) is 19.1. The van der Waals surface area contributed by atoms with Gasteiger partial charge in [0.2, 0.25) is 5.91 Å². The Kier molecular flexibility index (Phi) is 8.43. The van der Waals surface area contributed by atoms with Gasteiger partial charge in [0, 0.05) is 19.2 Å². The summed E-state index contributed by atoms with van der Waals surface area (Å²) in [6, 6.07) is 12.6. The smallest absolute Gasteiger partial charge is 0.234 e. The molecule has 2 aromatic rings. The van der Waals surface area contributed by atoms with Gasteiger partial charge in [-0.3, -0.25) is 9.69 Å². The fraction of sp³-hybridized carbons (Fsp3) is 0.435. The lowest BCUT2D eigenvalue weighted by atomic mass is 9.96. The van der Waals surface area contributed by atoms with Crippen molar-refractivity contribution in [3.05, 3.63) is 58.1 Å². The maximum absolute atomic E-state index is 12.4. The molecule has 31 heavy (non-hydrogen) atoms. The van der Waals surface area contributed by atoms with Crippen molar-refractivity contribution < 1.29 is 19.4 Å². The highest BCUT2D eigenvalue weighted by Crippen LogP contribution is 2.28. The molecule has 2 N–H and O–H groups in total. The third kappa shape index (κ3) is 7.28. The van der Waals surface area contributed by atoms with Crippen molar-refractivity contribution in [2.75, 3.05) is 33.4 Å². The molecule has 2 aromatic carbocycles. The van der Waals surface area contributed by atoms with Crippen molar-refractivity contribution in [2.45, 2.75) is 31.4 Å². The number of benzene rings is 2. The lowest BCUT2D eigenvalue weighted by Gasteiger charge is -2.27. The van der Waals surface area contributed by atoms with E-state index in [0.717, 1.165) is 24.3 Å². The Bertz CT molecular complexity index is 878. The van der Waals surface area contributed by atoms with Gasteiger partial charge in [0.25, 0.3) is 0 Å². The second kappa shape index (κ2) is 11.0. The van der Waals surface area contributed by atoms with Crippen LogP contribution in [-0.2, 0) is 11.3 Å². The topological polar surface area (TPSA) is 71.0 Å². The van der Waals surface area contributed by atoms with Crippen molar-refractivity contribution in [1.29, 1.82) is 0 Å². The maximum atomic E-state index is 12.4. The van der Waals surface area contributed by atoms with E-state index in [1.165, 1.54) is 0 Å². The minimum atomic E-state index is -0.944. The quantitative estimate of drug-likeness (QED) is 0.616. The molecule has 1 unspecified atom stereocenters. The van der Waals surface area contributed by atoms with Crippen molar-refractivity contribution in [3.8, 4) is 11.5 Å². The van der Waals surface area contributed by atoms with Gasteiger partial charge in [-0.2, -0.15) is 0 Å². The molecule has 168 valence electrons. The van der Waals surface area contributed by atoms with Crippen LogP contribution in [0.5, 0.6) is 11.5 Å². The average Bonchev–Trinajstić information content (AvgIpc) is 2.95. The van der Waals surface area contributed by atoms with Crippen molar-refractivity contribution >= 4 is 29.1 Å². The van der Waals surface area contributed by atoms with E-state index >= 15 is 0 Å². The molecule has 0 aromatic heterocycles. The van der Waals surface area contributed by atoms with Gasteiger partial charge in [0.05, 0.1) is 29.3 Å². The molecule has 0 spiro atoms. The summed E-state index contributed by atoms with van der Waals surface area (Å²) in [5.41, 5.74) is 0.0688. The SMILES string of the molecule is COc1ccc(CNC(=O)CN2CCCC(O)(COc3ccc(Cl)c(Cl)c3)CC2)cc1. The molecule has 0 saturated carbocycles. The largest absolute Gasteiger partial charge is 0.497 e. The van der Waals surface area contributed by atoms with Crippen LogP contribution in [0, 0.1) is 0 Å². The van der Waals surface area contributed by atoms with Gasteiger partial charge in [-0.15, -0.1) is 0 Å². The zero-order valence-electron chi connectivity index (χ0n) is 17.6. The van der Waals surface area contributed by atoms with Crippen LogP contribution in [0.2, 0.25) is 10.0 Å². The number of likely N-dealkylation sites (tertiary alicyclic amines) is 1. The summed E-state index contributed by atoms with van der Waals surface area (Å²) < 4.78 is 10.9. The predicted octanol–water partition coefficient (Wildman–Crippen LogP) is 3.91. The standard InChI is InChI=1S/C23H28Cl2N2O4/c1-30-18-5-3-17(4-6-18)14-26-22(28)15-27-11-2-9-23(29,10-12-27)16-31-19-7-8-20(24)21(25)13-19/h3-8,13,29H,2,9-12,14-16H2,1H3,(H,26,28). The van der Waals surface area contributed by atoms with Crippen molar-refractivity contribution in [1.82, 2.24) is 10.2 Å². The van der Waals surface area contributed by atoms with Gasteiger partial charge >= 0.3 is 0 Å². The molecule has 3 rings (SSSR count). The molecule has 6 nitrogen and oxygen atoms in total. The normalized spacial score (nSPS) is 19.5. The van der Waals surface area contributed by atoms with Crippen LogP contribution >= 0.6 is 23.2 Å². The highest BCUT2D eigenvalue weighted by Gasteiger charge is 2.31. The molecule has 1 amide bonds. The van der Waals surface area contributed by atoms with Crippen LogP contribution in [0.15, 0.2) is 42.5 Å². The minimum Gasteiger partial charge on any atom is -0.497 e. The van der Waals surface area contributed by atoms with E-state index in [0.29, 0.717) is 48.3 Å². The molecule has 8 heteroatoms. The Balaban J connectivity index is 1.43. The molecule has 0 aliphatic carbocycles. The number of ether oxygens (including phenoxy) is 2. The molecular weight excluding hydrogens is 439 g/mol. The molecule has 0 bridgehead atoms. The first-order valence-electron chi connectivity index (χ1n) is 10.3. The zero-order chi connectivity index (χ0) is 22.3. The van der Waals surface area contributed by atoms with Crippen LogP contribution < -0.4 is 14.8 Å². The molecule has 1 saturated heterocycles. The molecular formula is C23H28Cl2N2O4. The third-order valence-electron chi connectivity index (χ3n) is 5.42. The molecule has 1 fully saturated rings. The molecule has 0 radical (unpaired) electrons. The Morgan fingerprint density at radius 1 is 1.10 bits per heavy atom. The van der Waals surface area contributed by atoms with Gasteiger partial charge in [-0.25, -0.2) is 0 Å². The number of rotatable bonds is 8. The van der Waals surface area contributed by atoms with E-state index in [1.54, 1.807) is 25.3 Å². The monoisotopic (exact) mass is 466 g/mol. The Morgan fingerprint density at radius 3 is 2.55 bits per heavy atom. The van der Waals surface area contributed by atoms with E-state index in [-0.39, 0.29) is 12.5 Å². The number of hydrogen-bond donors (Lipinski definition) is 2. The molecule has 1 atom stereocenters. The van der Waals surface area contributed by atoms with E-state index < -0.39 is 5.60 Å². The number of amides is 1. The van der Waals surface area contributed by atoms with Crippen LogP contribution in [0.4, 0.5) is 0 Å². The first-order chi connectivity index (χ1) is 14.9. The summed E-state index contributed by atoms with van der Waals surface area (Å²) >= 11 is 11.9. The summed E-state index contributed by atoms with van der Waals surface area (Å²) in [5.74, 6) is 1.32. The first kappa shape index (κ1) is 23.7. The first-order valence-corrected chi connectivity index (χ1v) is 11.0. The highest BCUT2D eigenvalue weighted by atomic mass is 35.5. The summed E-state index contributed by atoms with van der Waals surface area (Å²) in [6.07, 6.45) is 1.92. The van der Waals surface area contributed by atoms with Gasteiger partial charge in [-0.1, -0.05) is 35.3 Å². The molecule has 1 aliphatic heterocycles. The molecule has 1 heterocycles. The third-order valence-corrected chi connectivity index (χ3v) is 6.16. The van der Waals surface area contributed by atoms with Gasteiger partial charge in [0.15, 0.2) is 0 Å². The van der Waals surface area contributed by atoms with Crippen LogP contribution in [0.1, 0.15) is 24.8 Å².